The number of nitrogens with one attached hydrogen (secondary N) is 1. The topological polar surface area (TPSA) is 33.7 Å². The Kier molecular flexibility index (Phi) is 4.13. The highest BCUT2D eigenvalue weighted by molar-refractivity contribution is 5.48. The van der Waals surface area contributed by atoms with Crippen LogP contribution in [-0.2, 0) is 13.0 Å². The highest BCUT2D eigenvalue weighted by Gasteiger charge is 2.23. The van der Waals surface area contributed by atoms with E-state index in [4.69, 9.17) is 9.47 Å². The molecule has 20 heavy (non-hydrogen) atoms. The van der Waals surface area contributed by atoms with E-state index in [1.807, 2.05) is 0 Å². The van der Waals surface area contributed by atoms with Crippen molar-refractivity contribution in [1.29, 1.82) is 0 Å². The first-order chi connectivity index (χ1) is 9.80. The van der Waals surface area contributed by atoms with Crippen molar-refractivity contribution >= 4 is 0 Å². The van der Waals surface area contributed by atoms with E-state index in [0.29, 0.717) is 0 Å². The molecule has 2 aliphatic rings. The van der Waals surface area contributed by atoms with E-state index in [-0.39, 0.29) is 0 Å². The van der Waals surface area contributed by atoms with E-state index in [2.05, 4.69) is 22.3 Å². The molecule has 0 aliphatic carbocycles. The normalized spacial score (nSPS) is 22.6. The molecule has 0 spiro atoms. The zero-order valence-corrected chi connectivity index (χ0v) is 12.4. The summed E-state index contributed by atoms with van der Waals surface area (Å²) in [4.78, 5) is 2.58. The van der Waals surface area contributed by atoms with E-state index < -0.39 is 0 Å². The molecule has 0 aromatic heterocycles. The summed E-state index contributed by atoms with van der Waals surface area (Å²) in [7, 11) is 3.40. The van der Waals surface area contributed by atoms with Gasteiger partial charge in [-0.05, 0) is 55.1 Å². The summed E-state index contributed by atoms with van der Waals surface area (Å²) >= 11 is 0. The molecule has 4 heteroatoms. The number of ether oxygens (including phenoxy) is 2. The molecule has 110 valence electrons. The number of benzene rings is 1. The number of fused-ring (bicyclic) bond motifs is 1. The Bertz CT molecular complexity index is 470. The van der Waals surface area contributed by atoms with Crippen LogP contribution in [0.15, 0.2) is 12.1 Å². The third-order valence-corrected chi connectivity index (χ3v) is 4.48. The average Bonchev–Trinajstić information content (AvgIpc) is 2.98. The standard InChI is InChI=1S/C16H24N2O2/c1-19-15-7-13-4-6-18(10-12-3-5-17-9-12)11-14(13)8-16(15)20-2/h7-8,12,17H,3-6,9-11H2,1-2H3. The van der Waals surface area contributed by atoms with E-state index in [0.717, 1.165) is 36.9 Å². The Morgan fingerprint density at radius 2 is 1.95 bits per heavy atom. The van der Waals surface area contributed by atoms with Gasteiger partial charge in [0.05, 0.1) is 14.2 Å². The third-order valence-electron chi connectivity index (χ3n) is 4.48. The van der Waals surface area contributed by atoms with Gasteiger partial charge in [-0.3, -0.25) is 4.90 Å². The van der Waals surface area contributed by atoms with Crippen LogP contribution >= 0.6 is 0 Å². The minimum absolute atomic E-state index is 0.816. The Labute approximate surface area is 121 Å². The van der Waals surface area contributed by atoms with Crippen molar-refractivity contribution < 1.29 is 9.47 Å². The summed E-state index contributed by atoms with van der Waals surface area (Å²) in [5.74, 6) is 2.51. The van der Waals surface area contributed by atoms with Crippen LogP contribution in [0.3, 0.4) is 0 Å². The van der Waals surface area contributed by atoms with Crippen molar-refractivity contribution in [3.63, 3.8) is 0 Å². The van der Waals surface area contributed by atoms with Crippen LogP contribution in [0.1, 0.15) is 17.5 Å². The number of methoxy groups -OCH3 is 2. The molecule has 1 aromatic carbocycles. The maximum atomic E-state index is 5.42. The first-order valence-corrected chi connectivity index (χ1v) is 7.47. The maximum absolute atomic E-state index is 5.42. The van der Waals surface area contributed by atoms with Crippen molar-refractivity contribution in [2.75, 3.05) is 40.4 Å². The summed E-state index contributed by atoms with van der Waals surface area (Å²) in [6.07, 6.45) is 2.42. The fourth-order valence-corrected chi connectivity index (χ4v) is 3.33. The minimum Gasteiger partial charge on any atom is -0.493 e. The van der Waals surface area contributed by atoms with Gasteiger partial charge < -0.3 is 14.8 Å². The SMILES string of the molecule is COc1cc2c(cc1OC)CN(CC1CCNC1)CC2. The molecular weight excluding hydrogens is 252 g/mol. The van der Waals surface area contributed by atoms with Gasteiger partial charge in [0.15, 0.2) is 11.5 Å². The summed E-state index contributed by atoms with van der Waals surface area (Å²) in [5, 5.41) is 3.45. The number of nitrogens with zero attached hydrogens (tertiary/aromatic N) is 1. The highest BCUT2D eigenvalue weighted by atomic mass is 16.5. The highest BCUT2D eigenvalue weighted by Crippen LogP contribution is 2.33. The molecule has 1 atom stereocenters. The first-order valence-electron chi connectivity index (χ1n) is 7.47. The van der Waals surface area contributed by atoms with E-state index in [1.165, 1.54) is 37.2 Å². The van der Waals surface area contributed by atoms with Gasteiger partial charge in [0.2, 0.25) is 0 Å². The summed E-state index contributed by atoms with van der Waals surface area (Å²) in [5.41, 5.74) is 2.79. The van der Waals surface area contributed by atoms with Crippen LogP contribution in [0.2, 0.25) is 0 Å². The lowest BCUT2D eigenvalue weighted by molar-refractivity contribution is 0.219. The molecule has 0 amide bonds. The van der Waals surface area contributed by atoms with Gasteiger partial charge in [-0.15, -0.1) is 0 Å². The first kappa shape index (κ1) is 13.7. The van der Waals surface area contributed by atoms with Crippen molar-refractivity contribution in [2.45, 2.75) is 19.4 Å². The van der Waals surface area contributed by atoms with Crippen LogP contribution in [0.5, 0.6) is 11.5 Å². The number of hydrogen-bond acceptors (Lipinski definition) is 4. The summed E-state index contributed by atoms with van der Waals surface area (Å²) in [6.45, 7) is 5.75. The lowest BCUT2D eigenvalue weighted by atomic mass is 9.97. The maximum Gasteiger partial charge on any atom is 0.161 e. The van der Waals surface area contributed by atoms with Crippen molar-refractivity contribution in [2.24, 2.45) is 5.92 Å². The fraction of sp³-hybridized carbons (Fsp3) is 0.625. The monoisotopic (exact) mass is 276 g/mol. The molecule has 1 N–H and O–H groups in total. The largest absolute Gasteiger partial charge is 0.493 e. The van der Waals surface area contributed by atoms with Crippen molar-refractivity contribution in [3.05, 3.63) is 23.3 Å². The summed E-state index contributed by atoms with van der Waals surface area (Å²) in [6, 6.07) is 4.29. The predicted octanol–water partition coefficient (Wildman–Crippen LogP) is 1.67. The van der Waals surface area contributed by atoms with Crippen molar-refractivity contribution in [1.82, 2.24) is 10.2 Å². The van der Waals surface area contributed by atoms with Gasteiger partial charge in [-0.25, -0.2) is 0 Å². The van der Waals surface area contributed by atoms with E-state index in [9.17, 15) is 0 Å². The molecule has 2 heterocycles. The van der Waals surface area contributed by atoms with Crippen LogP contribution in [0.4, 0.5) is 0 Å². The molecule has 2 aliphatic heterocycles. The summed E-state index contributed by atoms with van der Waals surface area (Å²) < 4.78 is 10.8. The molecule has 0 radical (unpaired) electrons. The van der Waals surface area contributed by atoms with Gasteiger partial charge in [0.1, 0.15) is 0 Å². The minimum atomic E-state index is 0.816. The lowest BCUT2D eigenvalue weighted by Crippen LogP contribution is -2.35. The molecular formula is C16H24N2O2. The zero-order chi connectivity index (χ0) is 13.9. The molecule has 0 saturated carbocycles. The van der Waals surface area contributed by atoms with Gasteiger partial charge in [-0.2, -0.15) is 0 Å². The second kappa shape index (κ2) is 6.02. The molecule has 1 aromatic rings. The van der Waals surface area contributed by atoms with Crippen LogP contribution < -0.4 is 14.8 Å². The second-order valence-electron chi connectivity index (χ2n) is 5.82. The van der Waals surface area contributed by atoms with E-state index in [1.54, 1.807) is 14.2 Å². The molecule has 0 bridgehead atoms. The Hall–Kier alpha value is -1.26. The second-order valence-corrected chi connectivity index (χ2v) is 5.82. The van der Waals surface area contributed by atoms with Gasteiger partial charge in [-0.1, -0.05) is 0 Å². The third kappa shape index (κ3) is 2.76. The smallest absolute Gasteiger partial charge is 0.161 e. The van der Waals surface area contributed by atoms with Crippen LogP contribution in [0.25, 0.3) is 0 Å². The quantitative estimate of drug-likeness (QED) is 0.907. The van der Waals surface area contributed by atoms with E-state index >= 15 is 0 Å². The molecule has 3 rings (SSSR count). The average molecular weight is 276 g/mol. The Morgan fingerprint density at radius 3 is 2.60 bits per heavy atom. The van der Waals surface area contributed by atoms with Crippen LogP contribution in [-0.4, -0.2) is 45.3 Å². The fourth-order valence-electron chi connectivity index (χ4n) is 3.33. The Balaban J connectivity index is 1.73. The number of hydrogen-bond donors (Lipinski definition) is 1. The van der Waals surface area contributed by atoms with Gasteiger partial charge in [0, 0.05) is 19.6 Å². The molecule has 1 saturated heterocycles. The molecule has 1 fully saturated rings. The van der Waals surface area contributed by atoms with Crippen molar-refractivity contribution in [3.8, 4) is 11.5 Å². The number of rotatable bonds is 4. The van der Waals surface area contributed by atoms with Gasteiger partial charge in [0.25, 0.3) is 0 Å². The lowest BCUT2D eigenvalue weighted by Gasteiger charge is -2.31. The predicted molar refractivity (Wildman–Crippen MR) is 79.5 cm³/mol. The zero-order valence-electron chi connectivity index (χ0n) is 12.4. The Morgan fingerprint density at radius 1 is 1.20 bits per heavy atom. The van der Waals surface area contributed by atoms with Crippen LogP contribution in [0, 0.1) is 5.92 Å². The van der Waals surface area contributed by atoms with Gasteiger partial charge >= 0.3 is 0 Å². The molecule has 1 unspecified atom stereocenters. The molecule has 4 nitrogen and oxygen atoms in total.